The van der Waals surface area contributed by atoms with E-state index in [0.717, 1.165) is 10.2 Å². The fourth-order valence-corrected chi connectivity index (χ4v) is 2.05. The number of benzene rings is 2. The molecule has 0 radical (unpaired) electrons. The Kier molecular flexibility index (Phi) is 5.68. The third-order valence-corrected chi connectivity index (χ3v) is 3.36. The van der Waals surface area contributed by atoms with Crippen LogP contribution in [-0.2, 0) is 5.88 Å². The number of halogens is 3. The lowest BCUT2D eigenvalue weighted by Crippen LogP contribution is -2.09. The standard InChI is InChI=1S/C15H13BrClFO2/c16-12-1-3-14(4-2-12)19-5-6-20-15-8-11(10-17)7-13(18)9-15/h1-4,7-9H,5-6,10H2. The summed E-state index contributed by atoms with van der Waals surface area (Å²) in [5.74, 6) is 1.12. The molecule has 0 heterocycles. The second kappa shape index (κ2) is 7.50. The van der Waals surface area contributed by atoms with Gasteiger partial charge < -0.3 is 9.47 Å². The molecule has 0 spiro atoms. The summed E-state index contributed by atoms with van der Waals surface area (Å²) in [6, 6.07) is 11.9. The van der Waals surface area contributed by atoms with Crippen LogP contribution in [0.25, 0.3) is 0 Å². The van der Waals surface area contributed by atoms with Crippen LogP contribution in [0.2, 0.25) is 0 Å². The van der Waals surface area contributed by atoms with Gasteiger partial charge in [0.15, 0.2) is 0 Å². The van der Waals surface area contributed by atoms with E-state index in [1.807, 2.05) is 24.3 Å². The van der Waals surface area contributed by atoms with Gasteiger partial charge in [0.05, 0.1) is 0 Å². The molecule has 0 amide bonds. The minimum atomic E-state index is -0.355. The van der Waals surface area contributed by atoms with Crippen LogP contribution in [0.15, 0.2) is 46.9 Å². The van der Waals surface area contributed by atoms with Gasteiger partial charge in [0.25, 0.3) is 0 Å². The lowest BCUT2D eigenvalue weighted by Gasteiger charge is -2.09. The lowest BCUT2D eigenvalue weighted by atomic mass is 10.2. The molecule has 0 unspecified atom stereocenters. The quantitative estimate of drug-likeness (QED) is 0.545. The molecule has 2 rings (SSSR count). The minimum Gasteiger partial charge on any atom is -0.490 e. The highest BCUT2D eigenvalue weighted by Gasteiger charge is 2.01. The summed E-state index contributed by atoms with van der Waals surface area (Å²) in [6.45, 7) is 0.718. The van der Waals surface area contributed by atoms with E-state index in [1.54, 1.807) is 6.07 Å². The van der Waals surface area contributed by atoms with E-state index in [2.05, 4.69) is 15.9 Å². The van der Waals surface area contributed by atoms with Crippen molar-refractivity contribution in [3.63, 3.8) is 0 Å². The average molecular weight is 360 g/mol. The molecule has 0 bridgehead atoms. The van der Waals surface area contributed by atoms with Crippen molar-refractivity contribution in [2.24, 2.45) is 0 Å². The Morgan fingerprint density at radius 3 is 2.25 bits per heavy atom. The van der Waals surface area contributed by atoms with Crippen LogP contribution < -0.4 is 9.47 Å². The predicted octanol–water partition coefficient (Wildman–Crippen LogP) is 4.78. The van der Waals surface area contributed by atoms with E-state index in [4.69, 9.17) is 21.1 Å². The molecule has 20 heavy (non-hydrogen) atoms. The zero-order chi connectivity index (χ0) is 14.4. The van der Waals surface area contributed by atoms with Gasteiger partial charge in [0.1, 0.15) is 30.5 Å². The number of alkyl halides is 1. The Labute approximate surface area is 130 Å². The Morgan fingerprint density at radius 1 is 0.950 bits per heavy atom. The predicted molar refractivity (Wildman–Crippen MR) is 81.1 cm³/mol. The van der Waals surface area contributed by atoms with E-state index in [0.29, 0.717) is 24.5 Å². The Morgan fingerprint density at radius 2 is 1.60 bits per heavy atom. The molecule has 2 aromatic carbocycles. The van der Waals surface area contributed by atoms with Crippen LogP contribution in [0.4, 0.5) is 4.39 Å². The first-order valence-electron chi connectivity index (χ1n) is 6.04. The zero-order valence-electron chi connectivity index (χ0n) is 10.6. The van der Waals surface area contributed by atoms with Gasteiger partial charge in [-0.15, -0.1) is 11.6 Å². The van der Waals surface area contributed by atoms with Crippen molar-refractivity contribution in [2.75, 3.05) is 13.2 Å². The summed E-state index contributed by atoms with van der Waals surface area (Å²) in [7, 11) is 0. The first-order chi connectivity index (χ1) is 9.67. The summed E-state index contributed by atoms with van der Waals surface area (Å²) >= 11 is 9.03. The van der Waals surface area contributed by atoms with Crippen LogP contribution in [0.5, 0.6) is 11.5 Å². The highest BCUT2D eigenvalue weighted by atomic mass is 79.9. The summed E-state index contributed by atoms with van der Waals surface area (Å²) in [4.78, 5) is 0. The van der Waals surface area contributed by atoms with Gasteiger partial charge in [-0.3, -0.25) is 0 Å². The Bertz CT molecular complexity index is 560. The fraction of sp³-hybridized carbons (Fsp3) is 0.200. The van der Waals surface area contributed by atoms with Gasteiger partial charge in [0, 0.05) is 16.4 Å². The topological polar surface area (TPSA) is 18.5 Å². The number of ether oxygens (including phenoxy) is 2. The molecule has 5 heteroatoms. The van der Waals surface area contributed by atoms with Gasteiger partial charge in [0.2, 0.25) is 0 Å². The molecule has 0 saturated heterocycles. The van der Waals surface area contributed by atoms with E-state index in [9.17, 15) is 4.39 Å². The second-order valence-electron chi connectivity index (χ2n) is 4.08. The Hall–Kier alpha value is -1.26. The van der Waals surface area contributed by atoms with Crippen molar-refractivity contribution in [2.45, 2.75) is 5.88 Å². The average Bonchev–Trinajstić information content (AvgIpc) is 2.45. The van der Waals surface area contributed by atoms with Crippen molar-refractivity contribution in [3.8, 4) is 11.5 Å². The monoisotopic (exact) mass is 358 g/mol. The molecule has 0 atom stereocenters. The Balaban J connectivity index is 1.81. The first-order valence-corrected chi connectivity index (χ1v) is 7.37. The summed E-state index contributed by atoms with van der Waals surface area (Å²) in [5.41, 5.74) is 0.690. The van der Waals surface area contributed by atoms with Crippen LogP contribution >= 0.6 is 27.5 Å². The molecular formula is C15H13BrClFO2. The van der Waals surface area contributed by atoms with E-state index >= 15 is 0 Å². The summed E-state index contributed by atoms with van der Waals surface area (Å²) < 4.78 is 25.2. The molecule has 0 aliphatic heterocycles. The maximum absolute atomic E-state index is 13.3. The van der Waals surface area contributed by atoms with Crippen molar-refractivity contribution < 1.29 is 13.9 Å². The van der Waals surface area contributed by atoms with Crippen molar-refractivity contribution in [3.05, 3.63) is 58.3 Å². The smallest absolute Gasteiger partial charge is 0.127 e. The third-order valence-electron chi connectivity index (χ3n) is 2.52. The molecule has 2 aromatic rings. The SMILES string of the molecule is Fc1cc(CCl)cc(OCCOc2ccc(Br)cc2)c1. The maximum atomic E-state index is 13.3. The number of hydrogen-bond donors (Lipinski definition) is 0. The second-order valence-corrected chi connectivity index (χ2v) is 5.26. The van der Waals surface area contributed by atoms with E-state index in [1.165, 1.54) is 12.1 Å². The molecule has 0 N–H and O–H groups in total. The van der Waals surface area contributed by atoms with Crippen LogP contribution in [-0.4, -0.2) is 13.2 Å². The molecule has 2 nitrogen and oxygen atoms in total. The van der Waals surface area contributed by atoms with Crippen molar-refractivity contribution >= 4 is 27.5 Å². The van der Waals surface area contributed by atoms with Crippen LogP contribution in [0.1, 0.15) is 5.56 Å². The highest BCUT2D eigenvalue weighted by molar-refractivity contribution is 9.10. The minimum absolute atomic E-state index is 0.253. The van der Waals surface area contributed by atoms with Crippen molar-refractivity contribution in [1.82, 2.24) is 0 Å². The van der Waals surface area contributed by atoms with Crippen molar-refractivity contribution in [1.29, 1.82) is 0 Å². The molecule has 0 saturated carbocycles. The third kappa shape index (κ3) is 4.69. The molecule has 0 fully saturated rings. The normalized spacial score (nSPS) is 10.3. The molecule has 0 aliphatic carbocycles. The number of rotatable bonds is 6. The summed E-state index contributed by atoms with van der Waals surface area (Å²) in [6.07, 6.45) is 0. The molecule has 0 aromatic heterocycles. The van der Waals surface area contributed by atoms with Gasteiger partial charge in [-0.25, -0.2) is 4.39 Å². The molecular weight excluding hydrogens is 347 g/mol. The fourth-order valence-electron chi connectivity index (χ4n) is 1.63. The van der Waals surface area contributed by atoms with Gasteiger partial charge in [-0.05, 0) is 42.0 Å². The van der Waals surface area contributed by atoms with Gasteiger partial charge >= 0.3 is 0 Å². The van der Waals surface area contributed by atoms with Gasteiger partial charge in [-0.2, -0.15) is 0 Å². The van der Waals surface area contributed by atoms with E-state index in [-0.39, 0.29) is 11.7 Å². The molecule has 0 aliphatic rings. The lowest BCUT2D eigenvalue weighted by molar-refractivity contribution is 0.216. The number of hydrogen-bond acceptors (Lipinski definition) is 2. The first kappa shape index (κ1) is 15.1. The summed E-state index contributed by atoms with van der Waals surface area (Å²) in [5, 5.41) is 0. The molecule has 106 valence electrons. The van der Waals surface area contributed by atoms with Crippen LogP contribution in [0.3, 0.4) is 0 Å². The van der Waals surface area contributed by atoms with E-state index < -0.39 is 0 Å². The maximum Gasteiger partial charge on any atom is 0.127 e. The zero-order valence-corrected chi connectivity index (χ0v) is 13.0. The van der Waals surface area contributed by atoms with Gasteiger partial charge in [-0.1, -0.05) is 15.9 Å². The largest absolute Gasteiger partial charge is 0.490 e. The highest BCUT2D eigenvalue weighted by Crippen LogP contribution is 2.18. The van der Waals surface area contributed by atoms with Crippen LogP contribution in [0, 0.1) is 5.82 Å².